The highest BCUT2D eigenvalue weighted by molar-refractivity contribution is 7.14. The number of hydrogen-bond donors (Lipinski definition) is 2. The van der Waals surface area contributed by atoms with Gasteiger partial charge in [-0.25, -0.2) is 9.78 Å². The van der Waals surface area contributed by atoms with Gasteiger partial charge in [0.2, 0.25) is 0 Å². The number of rotatable bonds is 4. The van der Waals surface area contributed by atoms with E-state index < -0.39 is 5.97 Å². The lowest BCUT2D eigenvalue weighted by molar-refractivity contribution is 0.0697. The van der Waals surface area contributed by atoms with E-state index in [1.807, 2.05) is 5.38 Å². The second-order valence-corrected chi connectivity index (χ2v) is 5.77. The summed E-state index contributed by atoms with van der Waals surface area (Å²) in [5, 5.41) is 14.8. The molecule has 0 aliphatic carbocycles. The third kappa shape index (κ3) is 3.15. The molecule has 2 aromatic carbocycles. The summed E-state index contributed by atoms with van der Waals surface area (Å²) < 4.78 is 0. The van der Waals surface area contributed by atoms with Gasteiger partial charge in [0.05, 0.1) is 11.3 Å². The van der Waals surface area contributed by atoms with E-state index in [0.29, 0.717) is 0 Å². The number of aromatic nitrogens is 1. The van der Waals surface area contributed by atoms with Crippen LogP contribution in [0.25, 0.3) is 11.3 Å². The summed E-state index contributed by atoms with van der Waals surface area (Å²) in [5.41, 5.74) is 4.31. The lowest BCUT2D eigenvalue weighted by Crippen LogP contribution is -1.96. The van der Waals surface area contributed by atoms with Crippen molar-refractivity contribution in [1.29, 1.82) is 0 Å². The van der Waals surface area contributed by atoms with Crippen molar-refractivity contribution in [2.24, 2.45) is 0 Å². The number of aromatic carboxylic acids is 1. The highest BCUT2D eigenvalue weighted by atomic mass is 32.1. The molecule has 5 heteroatoms. The Kier molecular flexibility index (Phi) is 3.89. The molecule has 3 aromatic rings. The van der Waals surface area contributed by atoms with Crippen molar-refractivity contribution in [3.05, 3.63) is 65.0 Å². The molecule has 2 N–H and O–H groups in total. The largest absolute Gasteiger partial charge is 0.478 e. The highest BCUT2D eigenvalue weighted by Gasteiger charge is 2.06. The minimum atomic E-state index is -0.928. The Morgan fingerprint density at radius 1 is 1.09 bits per heavy atom. The van der Waals surface area contributed by atoms with Gasteiger partial charge in [-0.15, -0.1) is 11.3 Å². The summed E-state index contributed by atoms with van der Waals surface area (Å²) in [6.07, 6.45) is 0. The van der Waals surface area contributed by atoms with Gasteiger partial charge in [-0.3, -0.25) is 0 Å². The summed E-state index contributed by atoms with van der Waals surface area (Å²) >= 11 is 1.52. The zero-order valence-corrected chi connectivity index (χ0v) is 12.7. The maximum atomic E-state index is 10.8. The molecule has 0 unspecified atom stereocenters. The van der Waals surface area contributed by atoms with Gasteiger partial charge in [-0.2, -0.15) is 0 Å². The molecule has 3 rings (SSSR count). The first-order valence-corrected chi connectivity index (χ1v) is 7.63. The fraction of sp³-hybridized carbons (Fsp3) is 0.0588. The second kappa shape index (κ2) is 5.99. The van der Waals surface area contributed by atoms with Crippen LogP contribution in [0.15, 0.2) is 53.9 Å². The fourth-order valence-electron chi connectivity index (χ4n) is 2.01. The molecular formula is C17H14N2O2S. The van der Waals surface area contributed by atoms with E-state index in [-0.39, 0.29) is 5.56 Å². The predicted molar refractivity (Wildman–Crippen MR) is 89.0 cm³/mol. The van der Waals surface area contributed by atoms with E-state index in [0.717, 1.165) is 22.1 Å². The average molecular weight is 310 g/mol. The number of thiazole rings is 1. The van der Waals surface area contributed by atoms with Gasteiger partial charge in [0.15, 0.2) is 5.13 Å². The van der Waals surface area contributed by atoms with E-state index in [1.165, 1.54) is 16.9 Å². The maximum Gasteiger partial charge on any atom is 0.335 e. The lowest BCUT2D eigenvalue weighted by atomic mass is 10.1. The van der Waals surface area contributed by atoms with Crippen molar-refractivity contribution in [3.63, 3.8) is 0 Å². The zero-order valence-electron chi connectivity index (χ0n) is 11.9. The van der Waals surface area contributed by atoms with Crippen molar-refractivity contribution >= 4 is 28.1 Å². The second-order valence-electron chi connectivity index (χ2n) is 4.91. The molecule has 1 heterocycles. The SMILES string of the molecule is Cc1ccc(-c2csc(Nc3ccc(C(=O)O)cc3)n2)cc1. The summed E-state index contributed by atoms with van der Waals surface area (Å²) in [4.78, 5) is 15.4. The molecule has 0 amide bonds. The summed E-state index contributed by atoms with van der Waals surface area (Å²) in [5.74, 6) is -0.928. The minimum absolute atomic E-state index is 0.269. The number of hydrogen-bond acceptors (Lipinski definition) is 4. The number of carboxylic acid groups (broad SMARTS) is 1. The van der Waals surface area contributed by atoms with Crippen LogP contribution < -0.4 is 5.32 Å². The molecule has 0 radical (unpaired) electrons. The third-order valence-corrected chi connectivity index (χ3v) is 3.99. The molecular weight excluding hydrogens is 296 g/mol. The van der Waals surface area contributed by atoms with Crippen LogP contribution >= 0.6 is 11.3 Å². The van der Waals surface area contributed by atoms with Gasteiger partial charge in [0, 0.05) is 16.6 Å². The van der Waals surface area contributed by atoms with Gasteiger partial charge in [0.25, 0.3) is 0 Å². The first-order chi connectivity index (χ1) is 10.6. The number of nitrogens with one attached hydrogen (secondary N) is 1. The van der Waals surface area contributed by atoms with Crippen molar-refractivity contribution in [2.45, 2.75) is 6.92 Å². The van der Waals surface area contributed by atoms with E-state index in [4.69, 9.17) is 5.11 Å². The molecule has 1 aromatic heterocycles. The number of carboxylic acids is 1. The number of nitrogens with zero attached hydrogens (tertiary/aromatic N) is 1. The van der Waals surface area contributed by atoms with Crippen LogP contribution in [0, 0.1) is 6.92 Å². The van der Waals surface area contributed by atoms with Crippen molar-refractivity contribution in [1.82, 2.24) is 4.98 Å². The summed E-state index contributed by atoms with van der Waals surface area (Å²) in [7, 11) is 0. The van der Waals surface area contributed by atoms with Crippen molar-refractivity contribution in [2.75, 3.05) is 5.32 Å². The molecule has 22 heavy (non-hydrogen) atoms. The first-order valence-electron chi connectivity index (χ1n) is 6.75. The van der Waals surface area contributed by atoms with Crippen LogP contribution in [0.1, 0.15) is 15.9 Å². The fourth-order valence-corrected chi connectivity index (χ4v) is 2.75. The van der Waals surface area contributed by atoms with E-state index >= 15 is 0 Å². The van der Waals surface area contributed by atoms with Gasteiger partial charge in [-0.1, -0.05) is 29.8 Å². The highest BCUT2D eigenvalue weighted by Crippen LogP contribution is 2.27. The predicted octanol–water partition coefficient (Wildman–Crippen LogP) is 4.56. The van der Waals surface area contributed by atoms with Crippen molar-refractivity contribution in [3.8, 4) is 11.3 Å². The zero-order chi connectivity index (χ0) is 15.5. The number of aryl methyl sites for hydroxylation is 1. The Balaban J connectivity index is 1.76. The van der Waals surface area contributed by atoms with E-state index in [1.54, 1.807) is 24.3 Å². The van der Waals surface area contributed by atoms with Gasteiger partial charge in [-0.05, 0) is 31.2 Å². The third-order valence-electron chi connectivity index (χ3n) is 3.23. The molecule has 0 spiro atoms. The molecule has 0 bridgehead atoms. The van der Waals surface area contributed by atoms with Crippen LogP contribution in [0.4, 0.5) is 10.8 Å². The normalized spacial score (nSPS) is 10.4. The van der Waals surface area contributed by atoms with Gasteiger partial charge in [0.1, 0.15) is 0 Å². The molecule has 4 nitrogen and oxygen atoms in total. The topological polar surface area (TPSA) is 62.2 Å². The monoisotopic (exact) mass is 310 g/mol. The van der Waals surface area contributed by atoms with Crippen LogP contribution in [0.5, 0.6) is 0 Å². The van der Waals surface area contributed by atoms with Crippen LogP contribution in [0.2, 0.25) is 0 Å². The van der Waals surface area contributed by atoms with Crippen LogP contribution in [0.3, 0.4) is 0 Å². The number of benzene rings is 2. The van der Waals surface area contributed by atoms with Gasteiger partial charge >= 0.3 is 5.97 Å². The standard InChI is InChI=1S/C17H14N2O2S/c1-11-2-4-12(5-3-11)15-10-22-17(19-15)18-14-8-6-13(7-9-14)16(20)21/h2-10H,1H3,(H,18,19)(H,20,21). The molecule has 0 saturated carbocycles. The van der Waals surface area contributed by atoms with E-state index in [9.17, 15) is 4.79 Å². The van der Waals surface area contributed by atoms with Crippen molar-refractivity contribution < 1.29 is 9.90 Å². The Labute approximate surface area is 132 Å². The minimum Gasteiger partial charge on any atom is -0.478 e. The lowest BCUT2D eigenvalue weighted by Gasteiger charge is -2.02. The Bertz CT molecular complexity index is 792. The maximum absolute atomic E-state index is 10.8. The first kappa shape index (κ1) is 14.3. The Morgan fingerprint density at radius 2 is 1.77 bits per heavy atom. The molecule has 110 valence electrons. The Hall–Kier alpha value is -2.66. The summed E-state index contributed by atoms with van der Waals surface area (Å²) in [6, 6.07) is 14.8. The quantitative estimate of drug-likeness (QED) is 0.741. The van der Waals surface area contributed by atoms with E-state index in [2.05, 4.69) is 41.5 Å². The molecule has 0 aliphatic rings. The smallest absolute Gasteiger partial charge is 0.335 e. The van der Waals surface area contributed by atoms with Crippen LogP contribution in [-0.2, 0) is 0 Å². The molecule has 0 saturated heterocycles. The summed E-state index contributed by atoms with van der Waals surface area (Å²) in [6.45, 7) is 2.05. The number of carbonyl (C=O) groups is 1. The average Bonchev–Trinajstić information content (AvgIpc) is 2.97. The van der Waals surface area contributed by atoms with Crippen LogP contribution in [-0.4, -0.2) is 16.1 Å². The number of anilines is 2. The molecule has 0 atom stereocenters. The molecule has 0 aliphatic heterocycles. The van der Waals surface area contributed by atoms with Gasteiger partial charge < -0.3 is 10.4 Å². The molecule has 0 fully saturated rings. The Morgan fingerprint density at radius 3 is 2.41 bits per heavy atom.